The van der Waals surface area contributed by atoms with Crippen LogP contribution in [0.15, 0.2) is 29.2 Å². The highest BCUT2D eigenvalue weighted by Crippen LogP contribution is 2.10. The summed E-state index contributed by atoms with van der Waals surface area (Å²) in [6.07, 6.45) is 2.09. The molecular weight excluding hydrogens is 312 g/mol. The van der Waals surface area contributed by atoms with Crippen LogP contribution in [0.2, 0.25) is 0 Å². The van der Waals surface area contributed by atoms with E-state index in [-0.39, 0.29) is 17.2 Å². The predicted octanol–water partition coefficient (Wildman–Crippen LogP) is 0.509. The monoisotopic (exact) mass is 334 g/mol. The Kier molecular flexibility index (Phi) is 6.79. The first kappa shape index (κ1) is 18.1. The van der Waals surface area contributed by atoms with Gasteiger partial charge in [0.15, 0.2) is 9.84 Å². The molecule has 0 aliphatic heterocycles. The Hall–Kier alpha value is -0.960. The van der Waals surface area contributed by atoms with Crippen molar-refractivity contribution in [3.63, 3.8) is 0 Å². The van der Waals surface area contributed by atoms with Gasteiger partial charge in [-0.1, -0.05) is 19.1 Å². The van der Waals surface area contributed by atoms with Gasteiger partial charge in [-0.15, -0.1) is 0 Å². The standard InChI is InChI=1S/C13H22N2O4S2/c1-3-8-14-9-10-21(18,19)15-11-12-4-6-13(7-5-12)20(2,16)17/h4-7,14-15H,3,8-11H2,1-2H3. The number of nitrogens with one attached hydrogen (secondary N) is 2. The highest BCUT2D eigenvalue weighted by molar-refractivity contribution is 7.90. The van der Waals surface area contributed by atoms with Crippen LogP contribution in [0.25, 0.3) is 0 Å². The highest BCUT2D eigenvalue weighted by Gasteiger charge is 2.10. The first-order valence-electron chi connectivity index (χ1n) is 6.71. The van der Waals surface area contributed by atoms with Crippen LogP contribution in [0.5, 0.6) is 0 Å². The Morgan fingerprint density at radius 3 is 2.14 bits per heavy atom. The molecule has 0 fully saturated rings. The molecule has 0 saturated carbocycles. The quantitative estimate of drug-likeness (QED) is 0.642. The van der Waals surface area contributed by atoms with E-state index in [4.69, 9.17) is 0 Å². The topological polar surface area (TPSA) is 92.3 Å². The van der Waals surface area contributed by atoms with E-state index >= 15 is 0 Å². The Morgan fingerprint density at radius 2 is 1.62 bits per heavy atom. The minimum Gasteiger partial charge on any atom is -0.316 e. The van der Waals surface area contributed by atoms with Gasteiger partial charge in [0.25, 0.3) is 0 Å². The molecule has 6 nitrogen and oxygen atoms in total. The molecule has 0 amide bonds. The fourth-order valence-corrected chi connectivity index (χ4v) is 3.20. The summed E-state index contributed by atoms with van der Waals surface area (Å²) >= 11 is 0. The molecule has 21 heavy (non-hydrogen) atoms. The van der Waals surface area contributed by atoms with Gasteiger partial charge in [-0.3, -0.25) is 0 Å². The maximum absolute atomic E-state index is 11.7. The number of sulfone groups is 1. The van der Waals surface area contributed by atoms with E-state index in [9.17, 15) is 16.8 Å². The Labute approximate surface area is 126 Å². The lowest BCUT2D eigenvalue weighted by Crippen LogP contribution is -2.31. The lowest BCUT2D eigenvalue weighted by atomic mass is 10.2. The highest BCUT2D eigenvalue weighted by atomic mass is 32.2. The molecule has 0 unspecified atom stereocenters. The van der Waals surface area contributed by atoms with Gasteiger partial charge in [0.2, 0.25) is 10.0 Å². The number of benzene rings is 1. The normalized spacial score (nSPS) is 12.5. The van der Waals surface area contributed by atoms with Crippen LogP contribution in [-0.2, 0) is 26.4 Å². The summed E-state index contributed by atoms with van der Waals surface area (Å²) in [5.41, 5.74) is 0.715. The molecule has 0 aliphatic carbocycles. The van der Waals surface area contributed by atoms with E-state index in [2.05, 4.69) is 10.0 Å². The van der Waals surface area contributed by atoms with Crippen LogP contribution in [0.4, 0.5) is 0 Å². The molecule has 1 aromatic carbocycles. The van der Waals surface area contributed by atoms with Crippen molar-refractivity contribution in [2.24, 2.45) is 0 Å². The molecule has 1 rings (SSSR count). The summed E-state index contributed by atoms with van der Waals surface area (Å²) in [5, 5.41) is 3.03. The minimum absolute atomic E-state index is 0.0222. The van der Waals surface area contributed by atoms with Gasteiger partial charge in [-0.25, -0.2) is 21.6 Å². The molecule has 8 heteroatoms. The molecule has 1 aromatic rings. The average molecular weight is 334 g/mol. The van der Waals surface area contributed by atoms with Gasteiger partial charge in [0.1, 0.15) is 0 Å². The van der Waals surface area contributed by atoms with Crippen molar-refractivity contribution in [2.75, 3.05) is 25.1 Å². The molecule has 0 aliphatic rings. The fourth-order valence-electron chi connectivity index (χ4n) is 1.63. The summed E-state index contributed by atoms with van der Waals surface area (Å²) in [6.45, 7) is 3.37. The molecule has 0 saturated heterocycles. The number of sulfonamides is 1. The minimum atomic E-state index is -3.33. The van der Waals surface area contributed by atoms with Crippen molar-refractivity contribution in [1.82, 2.24) is 10.0 Å². The number of hydrogen-bond acceptors (Lipinski definition) is 5. The molecular formula is C13H22N2O4S2. The van der Waals surface area contributed by atoms with Crippen LogP contribution in [0.1, 0.15) is 18.9 Å². The number of hydrogen-bond donors (Lipinski definition) is 2. The molecule has 0 atom stereocenters. The first-order chi connectivity index (χ1) is 9.74. The summed E-state index contributed by atoms with van der Waals surface area (Å²) in [7, 11) is -6.56. The average Bonchev–Trinajstić information content (AvgIpc) is 2.41. The zero-order valence-electron chi connectivity index (χ0n) is 12.3. The van der Waals surface area contributed by atoms with Crippen LogP contribution >= 0.6 is 0 Å². The van der Waals surface area contributed by atoms with Gasteiger partial charge >= 0.3 is 0 Å². The van der Waals surface area contributed by atoms with Gasteiger partial charge < -0.3 is 5.32 Å². The Bertz CT molecular complexity index is 637. The third-order valence-electron chi connectivity index (χ3n) is 2.82. The van der Waals surface area contributed by atoms with Crippen LogP contribution in [0.3, 0.4) is 0 Å². The fraction of sp³-hybridized carbons (Fsp3) is 0.538. The first-order valence-corrected chi connectivity index (χ1v) is 10.3. The Balaban J connectivity index is 2.51. The van der Waals surface area contributed by atoms with Gasteiger partial charge in [0, 0.05) is 19.3 Å². The molecule has 0 radical (unpaired) electrons. The second kappa shape index (κ2) is 7.88. The van der Waals surface area contributed by atoms with Crippen molar-refractivity contribution in [3.8, 4) is 0 Å². The zero-order chi connectivity index (χ0) is 15.9. The third-order valence-corrected chi connectivity index (χ3v) is 5.28. The predicted molar refractivity (Wildman–Crippen MR) is 83.3 cm³/mol. The number of rotatable bonds is 9. The van der Waals surface area contributed by atoms with Crippen LogP contribution in [-0.4, -0.2) is 41.9 Å². The maximum Gasteiger partial charge on any atom is 0.213 e. The summed E-state index contributed by atoms with van der Waals surface area (Å²) in [4.78, 5) is 0.220. The van der Waals surface area contributed by atoms with E-state index in [0.717, 1.165) is 19.2 Å². The summed E-state index contributed by atoms with van der Waals surface area (Å²) in [5.74, 6) is 0.0222. The second-order valence-corrected chi connectivity index (χ2v) is 8.75. The van der Waals surface area contributed by atoms with Gasteiger partial charge in [-0.05, 0) is 30.7 Å². The van der Waals surface area contributed by atoms with E-state index in [1.54, 1.807) is 12.1 Å². The summed E-state index contributed by atoms with van der Waals surface area (Å²) < 4.78 is 48.6. The van der Waals surface area contributed by atoms with Crippen molar-refractivity contribution < 1.29 is 16.8 Å². The van der Waals surface area contributed by atoms with Crippen LogP contribution < -0.4 is 10.0 Å². The largest absolute Gasteiger partial charge is 0.316 e. The SMILES string of the molecule is CCCNCCS(=O)(=O)NCc1ccc(S(C)(=O)=O)cc1. The van der Waals surface area contributed by atoms with Crippen LogP contribution in [0, 0.1) is 0 Å². The molecule has 0 heterocycles. The van der Waals surface area contributed by atoms with E-state index in [1.165, 1.54) is 12.1 Å². The lowest BCUT2D eigenvalue weighted by molar-refractivity contribution is 0.575. The van der Waals surface area contributed by atoms with Crippen molar-refractivity contribution in [3.05, 3.63) is 29.8 Å². The second-order valence-electron chi connectivity index (χ2n) is 4.81. The maximum atomic E-state index is 11.7. The van der Waals surface area contributed by atoms with E-state index in [0.29, 0.717) is 12.1 Å². The van der Waals surface area contributed by atoms with E-state index in [1.807, 2.05) is 6.92 Å². The molecule has 120 valence electrons. The molecule has 0 spiro atoms. The van der Waals surface area contributed by atoms with Gasteiger partial charge in [-0.2, -0.15) is 0 Å². The zero-order valence-corrected chi connectivity index (χ0v) is 13.9. The third kappa shape index (κ3) is 7.03. The molecule has 0 aromatic heterocycles. The smallest absolute Gasteiger partial charge is 0.213 e. The molecule has 2 N–H and O–H groups in total. The van der Waals surface area contributed by atoms with Crippen molar-refractivity contribution in [2.45, 2.75) is 24.8 Å². The van der Waals surface area contributed by atoms with Crippen molar-refractivity contribution in [1.29, 1.82) is 0 Å². The van der Waals surface area contributed by atoms with Gasteiger partial charge in [0.05, 0.1) is 10.6 Å². The Morgan fingerprint density at radius 1 is 1.00 bits per heavy atom. The van der Waals surface area contributed by atoms with E-state index < -0.39 is 19.9 Å². The van der Waals surface area contributed by atoms with Crippen molar-refractivity contribution >= 4 is 19.9 Å². The summed E-state index contributed by atoms with van der Waals surface area (Å²) in [6, 6.07) is 6.16. The lowest BCUT2D eigenvalue weighted by Gasteiger charge is -2.08. The molecule has 0 bridgehead atoms.